The molecular formula is C19H22F2N4O3. The van der Waals surface area contributed by atoms with Crippen LogP contribution in [0, 0.1) is 0 Å². The van der Waals surface area contributed by atoms with Crippen molar-refractivity contribution in [2.45, 2.75) is 50.4 Å². The number of fused-ring (bicyclic) bond motifs is 1. The average molecular weight is 392 g/mol. The van der Waals surface area contributed by atoms with Gasteiger partial charge in [-0.2, -0.15) is 0 Å². The maximum Gasteiger partial charge on any atom is 0.275 e. The van der Waals surface area contributed by atoms with E-state index in [1.165, 1.54) is 4.90 Å². The highest BCUT2D eigenvalue weighted by Crippen LogP contribution is 2.29. The van der Waals surface area contributed by atoms with Crippen LogP contribution in [0.15, 0.2) is 18.2 Å². The predicted octanol–water partition coefficient (Wildman–Crippen LogP) is 0.534. The van der Waals surface area contributed by atoms with E-state index in [0.29, 0.717) is 24.9 Å². The van der Waals surface area contributed by atoms with Crippen LogP contribution in [0.3, 0.4) is 0 Å². The van der Waals surface area contributed by atoms with Crippen molar-refractivity contribution >= 4 is 17.7 Å². The zero-order valence-electron chi connectivity index (χ0n) is 15.3. The summed E-state index contributed by atoms with van der Waals surface area (Å²) in [7, 11) is 0. The molecule has 28 heavy (non-hydrogen) atoms. The molecule has 3 aliphatic rings. The van der Waals surface area contributed by atoms with Crippen LogP contribution in [0.2, 0.25) is 0 Å². The third-order valence-electron chi connectivity index (χ3n) is 5.62. The molecule has 0 aromatic heterocycles. The molecule has 3 heterocycles. The monoisotopic (exact) mass is 392 g/mol. The third-order valence-corrected chi connectivity index (χ3v) is 5.62. The molecule has 0 spiro atoms. The number of amides is 3. The van der Waals surface area contributed by atoms with Gasteiger partial charge < -0.3 is 15.5 Å². The first-order valence-electron chi connectivity index (χ1n) is 9.43. The summed E-state index contributed by atoms with van der Waals surface area (Å²) in [5, 5.41) is 7.90. The van der Waals surface area contributed by atoms with E-state index in [1.54, 1.807) is 12.1 Å². The van der Waals surface area contributed by atoms with E-state index < -0.39 is 23.9 Å². The molecule has 0 saturated carbocycles. The van der Waals surface area contributed by atoms with Crippen LogP contribution >= 0.6 is 0 Å². The molecule has 2 fully saturated rings. The molecule has 150 valence electrons. The van der Waals surface area contributed by atoms with E-state index in [4.69, 9.17) is 0 Å². The topological polar surface area (TPSA) is 90.5 Å². The molecule has 0 bridgehead atoms. The van der Waals surface area contributed by atoms with E-state index >= 15 is 0 Å². The smallest absolute Gasteiger partial charge is 0.275 e. The van der Waals surface area contributed by atoms with Gasteiger partial charge in [0.2, 0.25) is 11.8 Å². The van der Waals surface area contributed by atoms with Gasteiger partial charge in [-0.25, -0.2) is 8.78 Å². The molecule has 2 unspecified atom stereocenters. The summed E-state index contributed by atoms with van der Waals surface area (Å²) in [5.41, 5.74) is 2.10. The Labute approximate surface area is 160 Å². The minimum absolute atomic E-state index is 0.205. The lowest BCUT2D eigenvalue weighted by atomic mass is 10.0. The summed E-state index contributed by atoms with van der Waals surface area (Å²) in [5.74, 6) is -3.82. The van der Waals surface area contributed by atoms with Gasteiger partial charge in [-0.1, -0.05) is 12.1 Å². The maximum absolute atomic E-state index is 13.9. The van der Waals surface area contributed by atoms with Gasteiger partial charge in [-0.3, -0.25) is 19.7 Å². The quantitative estimate of drug-likeness (QED) is 0.651. The lowest BCUT2D eigenvalue weighted by Crippen LogP contribution is -2.55. The number of nitrogens with one attached hydrogen (secondary N) is 3. The maximum atomic E-state index is 13.9. The molecule has 0 aliphatic carbocycles. The van der Waals surface area contributed by atoms with Crippen LogP contribution in [-0.2, 0) is 22.7 Å². The molecule has 2 atom stereocenters. The van der Waals surface area contributed by atoms with Crippen LogP contribution in [0.4, 0.5) is 8.78 Å². The molecule has 7 nitrogen and oxygen atoms in total. The van der Waals surface area contributed by atoms with Crippen molar-refractivity contribution in [3.05, 3.63) is 34.9 Å². The Morgan fingerprint density at radius 1 is 1.21 bits per heavy atom. The number of carbonyl (C=O) groups is 3. The second-order valence-electron chi connectivity index (χ2n) is 7.55. The predicted molar refractivity (Wildman–Crippen MR) is 95.5 cm³/mol. The van der Waals surface area contributed by atoms with Crippen molar-refractivity contribution in [2.75, 3.05) is 13.1 Å². The van der Waals surface area contributed by atoms with E-state index in [0.717, 1.165) is 11.1 Å². The normalized spacial score (nSPS) is 26.9. The van der Waals surface area contributed by atoms with Gasteiger partial charge in [-0.05, 0) is 36.6 Å². The van der Waals surface area contributed by atoms with Gasteiger partial charge in [0.15, 0.2) is 0 Å². The molecule has 1 aromatic carbocycles. The Kier molecular flexibility index (Phi) is 4.88. The van der Waals surface area contributed by atoms with Crippen LogP contribution in [0.5, 0.6) is 0 Å². The van der Waals surface area contributed by atoms with Crippen molar-refractivity contribution in [3.63, 3.8) is 0 Å². The lowest BCUT2D eigenvalue weighted by molar-refractivity contribution is -0.136. The largest absolute Gasteiger partial charge is 0.322 e. The first-order chi connectivity index (χ1) is 13.3. The molecule has 0 radical (unpaired) electrons. The second kappa shape index (κ2) is 7.21. The fraction of sp³-hybridized carbons (Fsp3) is 0.526. The number of hydrogen-bond acceptors (Lipinski definition) is 5. The standard InChI is InChI=1S/C19H22F2N4O3/c20-19(21)10-22-6-5-15(19)23-8-11-1-2-13-12(7-11)9-25(18(13)28)14-3-4-16(26)24-17(14)27/h1-2,7,14-15,22-23H,3-6,8-10H2,(H,24,26,27). The number of imide groups is 1. The fourth-order valence-corrected chi connectivity index (χ4v) is 4.07. The highest BCUT2D eigenvalue weighted by atomic mass is 19.3. The van der Waals surface area contributed by atoms with Crippen molar-refractivity contribution in [1.82, 2.24) is 20.9 Å². The summed E-state index contributed by atoms with van der Waals surface area (Å²) in [4.78, 5) is 37.5. The van der Waals surface area contributed by atoms with Crippen molar-refractivity contribution in [3.8, 4) is 0 Å². The number of alkyl halides is 2. The van der Waals surface area contributed by atoms with Gasteiger partial charge in [0.25, 0.3) is 11.8 Å². The van der Waals surface area contributed by atoms with Crippen LogP contribution in [-0.4, -0.2) is 53.7 Å². The van der Waals surface area contributed by atoms with Gasteiger partial charge in [0.1, 0.15) is 6.04 Å². The van der Waals surface area contributed by atoms with E-state index in [2.05, 4.69) is 16.0 Å². The zero-order valence-corrected chi connectivity index (χ0v) is 15.3. The highest BCUT2D eigenvalue weighted by Gasteiger charge is 2.41. The van der Waals surface area contributed by atoms with Gasteiger partial charge in [-0.15, -0.1) is 0 Å². The zero-order chi connectivity index (χ0) is 19.9. The molecule has 4 rings (SSSR count). The van der Waals surface area contributed by atoms with Crippen LogP contribution in [0.1, 0.15) is 40.7 Å². The molecule has 3 amide bonds. The average Bonchev–Trinajstić information content (AvgIpc) is 2.96. The Bertz CT molecular complexity index is 829. The van der Waals surface area contributed by atoms with Crippen molar-refractivity contribution in [2.24, 2.45) is 0 Å². The first-order valence-corrected chi connectivity index (χ1v) is 9.43. The molecular weight excluding hydrogens is 370 g/mol. The number of piperidine rings is 2. The Balaban J connectivity index is 1.44. The molecule has 2 saturated heterocycles. The molecule has 3 aliphatic heterocycles. The number of nitrogens with zero attached hydrogens (tertiary/aromatic N) is 1. The molecule has 3 N–H and O–H groups in total. The third kappa shape index (κ3) is 3.51. The highest BCUT2D eigenvalue weighted by molar-refractivity contribution is 6.05. The summed E-state index contributed by atoms with van der Waals surface area (Å²) >= 11 is 0. The van der Waals surface area contributed by atoms with E-state index in [1.807, 2.05) is 6.07 Å². The Morgan fingerprint density at radius 2 is 2.04 bits per heavy atom. The minimum Gasteiger partial charge on any atom is -0.322 e. The lowest BCUT2D eigenvalue weighted by Gasteiger charge is -2.32. The minimum atomic E-state index is -2.80. The van der Waals surface area contributed by atoms with Gasteiger partial charge in [0.05, 0.1) is 12.6 Å². The van der Waals surface area contributed by atoms with E-state index in [9.17, 15) is 23.2 Å². The Morgan fingerprint density at radius 3 is 2.79 bits per heavy atom. The summed E-state index contributed by atoms with van der Waals surface area (Å²) in [6.45, 7) is 0.773. The van der Waals surface area contributed by atoms with E-state index in [-0.39, 0.29) is 37.9 Å². The number of rotatable bonds is 4. The number of benzene rings is 1. The molecule has 1 aromatic rings. The number of hydrogen-bond donors (Lipinski definition) is 3. The van der Waals surface area contributed by atoms with Crippen molar-refractivity contribution < 1.29 is 23.2 Å². The number of halogens is 2. The first kappa shape index (κ1) is 18.9. The van der Waals surface area contributed by atoms with Crippen molar-refractivity contribution in [1.29, 1.82) is 0 Å². The van der Waals surface area contributed by atoms with Crippen LogP contribution in [0.25, 0.3) is 0 Å². The summed E-state index contributed by atoms with van der Waals surface area (Å²) in [6, 6.07) is 3.71. The van der Waals surface area contributed by atoms with Crippen LogP contribution < -0.4 is 16.0 Å². The van der Waals surface area contributed by atoms with Gasteiger partial charge >= 0.3 is 0 Å². The summed E-state index contributed by atoms with van der Waals surface area (Å²) < 4.78 is 27.9. The Hall–Kier alpha value is -2.39. The fourth-order valence-electron chi connectivity index (χ4n) is 4.07. The number of carbonyl (C=O) groups excluding carboxylic acids is 3. The van der Waals surface area contributed by atoms with Gasteiger partial charge in [0, 0.05) is 25.1 Å². The second-order valence-corrected chi connectivity index (χ2v) is 7.55. The molecule has 9 heteroatoms. The SMILES string of the molecule is O=C1CCC(N2Cc3cc(CNC4CCNCC4(F)F)ccc3C2=O)C(=O)N1. The summed E-state index contributed by atoms with van der Waals surface area (Å²) in [6.07, 6.45) is 0.861.